The van der Waals surface area contributed by atoms with E-state index in [-0.39, 0.29) is 24.8 Å². The highest BCUT2D eigenvalue weighted by molar-refractivity contribution is 6.30. The fraction of sp³-hybridized carbons (Fsp3) is 0.188. The highest BCUT2D eigenvalue weighted by atomic mass is 35.5. The fourth-order valence-electron chi connectivity index (χ4n) is 1.83. The summed E-state index contributed by atoms with van der Waals surface area (Å²) in [4.78, 5) is 11.4. The maximum absolute atomic E-state index is 13.6. The van der Waals surface area contributed by atoms with Crippen LogP contribution >= 0.6 is 11.6 Å². The van der Waals surface area contributed by atoms with Crippen LogP contribution < -0.4 is 4.74 Å². The molecule has 0 saturated heterocycles. The van der Waals surface area contributed by atoms with E-state index in [2.05, 4.69) is 4.74 Å². The average Bonchev–Trinajstić information content (AvgIpc) is 2.49. The van der Waals surface area contributed by atoms with Gasteiger partial charge in [0.05, 0.1) is 13.5 Å². The first-order valence-electron chi connectivity index (χ1n) is 6.31. The molecule has 2 aromatic carbocycles. The molecule has 0 aromatic heterocycles. The van der Waals surface area contributed by atoms with Crippen molar-refractivity contribution in [1.82, 2.24) is 0 Å². The van der Waals surface area contributed by atoms with Crippen molar-refractivity contribution in [3.8, 4) is 5.75 Å². The van der Waals surface area contributed by atoms with Crippen LogP contribution in [-0.2, 0) is 22.6 Å². The maximum atomic E-state index is 13.6. The highest BCUT2D eigenvalue weighted by Gasteiger charge is 2.10. The van der Waals surface area contributed by atoms with Crippen molar-refractivity contribution < 1.29 is 18.7 Å². The number of rotatable bonds is 5. The molecule has 0 radical (unpaired) electrons. The Bertz CT molecular complexity index is 643. The van der Waals surface area contributed by atoms with Gasteiger partial charge >= 0.3 is 5.97 Å². The van der Waals surface area contributed by atoms with Gasteiger partial charge in [-0.15, -0.1) is 0 Å². The number of esters is 1. The molecule has 0 unspecified atom stereocenters. The van der Waals surface area contributed by atoms with Gasteiger partial charge in [-0.25, -0.2) is 4.39 Å². The lowest BCUT2D eigenvalue weighted by Crippen LogP contribution is -2.07. The highest BCUT2D eigenvalue weighted by Crippen LogP contribution is 2.22. The van der Waals surface area contributed by atoms with Crippen LogP contribution in [0.4, 0.5) is 4.39 Å². The molecule has 2 aromatic rings. The van der Waals surface area contributed by atoms with Crippen LogP contribution in [0.3, 0.4) is 0 Å². The van der Waals surface area contributed by atoms with E-state index in [1.54, 1.807) is 24.3 Å². The molecular formula is C16H14ClFO3. The molecule has 0 aliphatic rings. The third kappa shape index (κ3) is 4.20. The van der Waals surface area contributed by atoms with Gasteiger partial charge in [0.15, 0.2) is 0 Å². The van der Waals surface area contributed by atoms with Gasteiger partial charge in [0.25, 0.3) is 0 Å². The van der Waals surface area contributed by atoms with Crippen molar-refractivity contribution in [1.29, 1.82) is 0 Å². The lowest BCUT2D eigenvalue weighted by atomic mass is 10.1. The monoisotopic (exact) mass is 308 g/mol. The Morgan fingerprint density at radius 2 is 1.95 bits per heavy atom. The van der Waals surface area contributed by atoms with Gasteiger partial charge in [0.1, 0.15) is 18.2 Å². The summed E-state index contributed by atoms with van der Waals surface area (Å²) >= 11 is 5.83. The number of carbonyl (C=O) groups is 1. The Balaban J connectivity index is 2.13. The largest absolute Gasteiger partial charge is 0.488 e. The molecule has 0 saturated carbocycles. The van der Waals surface area contributed by atoms with E-state index < -0.39 is 0 Å². The standard InChI is InChI=1S/C16H14ClFO3/c1-20-16(19)9-11-4-2-3-5-15(11)21-10-12-8-13(17)6-7-14(12)18/h2-8H,9-10H2,1H3. The van der Waals surface area contributed by atoms with Crippen LogP contribution in [-0.4, -0.2) is 13.1 Å². The van der Waals surface area contributed by atoms with Gasteiger partial charge in [0, 0.05) is 16.1 Å². The zero-order valence-corrected chi connectivity index (χ0v) is 12.2. The first-order chi connectivity index (χ1) is 10.1. The van der Waals surface area contributed by atoms with E-state index in [1.165, 1.54) is 25.3 Å². The smallest absolute Gasteiger partial charge is 0.310 e. The molecule has 2 rings (SSSR count). The van der Waals surface area contributed by atoms with Crippen molar-refractivity contribution in [2.45, 2.75) is 13.0 Å². The molecule has 0 heterocycles. The molecule has 0 spiro atoms. The predicted octanol–water partition coefficient (Wildman–Crippen LogP) is 3.77. The molecule has 0 amide bonds. The Hall–Kier alpha value is -2.07. The van der Waals surface area contributed by atoms with Gasteiger partial charge in [0.2, 0.25) is 0 Å². The van der Waals surface area contributed by atoms with Crippen molar-refractivity contribution in [2.75, 3.05) is 7.11 Å². The number of carbonyl (C=O) groups excluding carboxylic acids is 1. The molecule has 0 fully saturated rings. The number of benzene rings is 2. The third-order valence-corrected chi connectivity index (χ3v) is 3.16. The summed E-state index contributed by atoms with van der Waals surface area (Å²) in [6.45, 7) is 0.0323. The lowest BCUT2D eigenvalue weighted by molar-refractivity contribution is -0.139. The summed E-state index contributed by atoms with van der Waals surface area (Å²) < 4.78 is 23.9. The number of hydrogen-bond donors (Lipinski definition) is 0. The SMILES string of the molecule is COC(=O)Cc1ccccc1OCc1cc(Cl)ccc1F. The summed E-state index contributed by atoms with van der Waals surface area (Å²) in [7, 11) is 1.33. The van der Waals surface area contributed by atoms with Gasteiger partial charge < -0.3 is 9.47 Å². The first-order valence-corrected chi connectivity index (χ1v) is 6.69. The summed E-state index contributed by atoms with van der Waals surface area (Å²) in [6.07, 6.45) is 0.102. The summed E-state index contributed by atoms with van der Waals surface area (Å²) in [6, 6.07) is 11.4. The Kier molecular flexibility index (Phi) is 5.17. The van der Waals surface area contributed by atoms with Gasteiger partial charge in [-0.05, 0) is 24.3 Å². The average molecular weight is 309 g/mol. The number of halogens is 2. The number of methoxy groups -OCH3 is 1. The van der Waals surface area contributed by atoms with Crippen LogP contribution in [0.2, 0.25) is 5.02 Å². The minimum atomic E-state index is -0.384. The Morgan fingerprint density at radius 1 is 1.19 bits per heavy atom. The van der Waals surface area contributed by atoms with E-state index in [9.17, 15) is 9.18 Å². The molecule has 0 bridgehead atoms. The van der Waals surface area contributed by atoms with Crippen molar-refractivity contribution >= 4 is 17.6 Å². The zero-order chi connectivity index (χ0) is 15.2. The molecule has 0 N–H and O–H groups in total. The van der Waals surface area contributed by atoms with E-state index >= 15 is 0 Å². The Labute approximate surface area is 127 Å². The predicted molar refractivity (Wildman–Crippen MR) is 77.9 cm³/mol. The second kappa shape index (κ2) is 7.09. The molecule has 21 heavy (non-hydrogen) atoms. The quantitative estimate of drug-likeness (QED) is 0.789. The molecule has 3 nitrogen and oxygen atoms in total. The first kappa shape index (κ1) is 15.3. The van der Waals surface area contributed by atoms with Crippen LogP contribution in [0.25, 0.3) is 0 Å². The normalized spacial score (nSPS) is 10.2. The van der Waals surface area contributed by atoms with Crippen LogP contribution in [0.15, 0.2) is 42.5 Å². The molecule has 5 heteroatoms. The van der Waals surface area contributed by atoms with Crippen molar-refractivity contribution in [3.63, 3.8) is 0 Å². The number of para-hydroxylation sites is 1. The van der Waals surface area contributed by atoms with Crippen molar-refractivity contribution in [3.05, 3.63) is 64.4 Å². The topological polar surface area (TPSA) is 35.5 Å². The third-order valence-electron chi connectivity index (χ3n) is 2.93. The van der Waals surface area contributed by atoms with E-state index in [0.29, 0.717) is 21.9 Å². The Morgan fingerprint density at radius 3 is 2.71 bits per heavy atom. The molecule has 0 aliphatic heterocycles. The molecule has 110 valence electrons. The number of hydrogen-bond acceptors (Lipinski definition) is 3. The van der Waals surface area contributed by atoms with Gasteiger partial charge in [-0.2, -0.15) is 0 Å². The summed E-state index contributed by atoms with van der Waals surface area (Å²) in [5.41, 5.74) is 1.04. The summed E-state index contributed by atoms with van der Waals surface area (Å²) in [5, 5.41) is 0.442. The van der Waals surface area contributed by atoms with E-state index in [0.717, 1.165) is 0 Å². The van der Waals surface area contributed by atoms with E-state index in [4.69, 9.17) is 16.3 Å². The minimum absolute atomic E-state index is 0.0323. The molecule has 0 aliphatic carbocycles. The lowest BCUT2D eigenvalue weighted by Gasteiger charge is -2.11. The maximum Gasteiger partial charge on any atom is 0.310 e. The number of ether oxygens (including phenoxy) is 2. The second-order valence-electron chi connectivity index (χ2n) is 4.39. The second-order valence-corrected chi connectivity index (χ2v) is 4.82. The zero-order valence-electron chi connectivity index (χ0n) is 11.4. The summed E-state index contributed by atoms with van der Waals surface area (Å²) in [5.74, 6) is -0.230. The van der Waals surface area contributed by atoms with Crippen molar-refractivity contribution in [2.24, 2.45) is 0 Å². The minimum Gasteiger partial charge on any atom is -0.488 e. The van der Waals surface area contributed by atoms with Gasteiger partial charge in [-0.1, -0.05) is 29.8 Å². The van der Waals surface area contributed by atoms with Crippen LogP contribution in [0.5, 0.6) is 5.75 Å². The molecule has 0 atom stereocenters. The van der Waals surface area contributed by atoms with E-state index in [1.807, 2.05) is 0 Å². The molecular weight excluding hydrogens is 295 g/mol. The fourth-order valence-corrected chi connectivity index (χ4v) is 2.02. The van der Waals surface area contributed by atoms with Crippen LogP contribution in [0.1, 0.15) is 11.1 Å². The van der Waals surface area contributed by atoms with Crippen LogP contribution in [0, 0.1) is 5.82 Å². The van der Waals surface area contributed by atoms with Gasteiger partial charge in [-0.3, -0.25) is 4.79 Å².